The molecule has 0 fully saturated rings. The Morgan fingerprint density at radius 1 is 1.17 bits per heavy atom. The van der Waals surface area contributed by atoms with Crippen molar-refractivity contribution in [1.82, 2.24) is 4.98 Å². The molecule has 2 aromatic rings. The van der Waals surface area contributed by atoms with Crippen molar-refractivity contribution in [3.63, 3.8) is 0 Å². The highest BCUT2D eigenvalue weighted by molar-refractivity contribution is 6.42. The van der Waals surface area contributed by atoms with Gasteiger partial charge in [0.25, 0.3) is 5.91 Å². The number of halogens is 2. The van der Waals surface area contributed by atoms with Crippen molar-refractivity contribution in [2.24, 2.45) is 0 Å². The molecule has 0 aliphatic rings. The first-order valence-electron chi connectivity index (χ1n) is 5.25. The van der Waals surface area contributed by atoms with Crippen molar-refractivity contribution in [2.45, 2.75) is 6.92 Å². The molecule has 1 N–H and O–H groups in total. The number of aryl methyl sites for hydroxylation is 1. The third kappa shape index (κ3) is 3.00. The van der Waals surface area contributed by atoms with Crippen molar-refractivity contribution in [1.29, 1.82) is 0 Å². The summed E-state index contributed by atoms with van der Waals surface area (Å²) in [5.41, 5.74) is 1.98. The molecule has 0 atom stereocenters. The summed E-state index contributed by atoms with van der Waals surface area (Å²) in [4.78, 5) is 16.0. The Bertz CT molecular complexity index is 582. The molecule has 0 aliphatic heterocycles. The molecule has 2 rings (SSSR count). The topological polar surface area (TPSA) is 42.0 Å². The van der Waals surface area contributed by atoms with Crippen LogP contribution in [0.2, 0.25) is 10.0 Å². The van der Waals surface area contributed by atoms with E-state index in [-0.39, 0.29) is 5.91 Å². The normalized spacial score (nSPS) is 10.2. The average molecular weight is 281 g/mol. The summed E-state index contributed by atoms with van der Waals surface area (Å²) < 4.78 is 0. The predicted octanol–water partition coefficient (Wildman–Crippen LogP) is 3.95. The number of hydrogen-bond acceptors (Lipinski definition) is 2. The molecule has 0 saturated carbocycles. The number of pyridine rings is 1. The highest BCUT2D eigenvalue weighted by Gasteiger charge is 2.08. The standard InChI is InChI=1S/C13H10Cl2N2O/c1-8-2-4-10(7-16-8)17-13(18)9-3-5-11(14)12(15)6-9/h2-7H,1H3,(H,17,18). The van der Waals surface area contributed by atoms with Crippen LogP contribution in [0, 0.1) is 6.92 Å². The molecule has 0 aliphatic carbocycles. The van der Waals surface area contributed by atoms with Gasteiger partial charge in [-0.25, -0.2) is 0 Å². The summed E-state index contributed by atoms with van der Waals surface area (Å²) in [5.74, 6) is -0.251. The Labute approximate surface area is 115 Å². The quantitative estimate of drug-likeness (QED) is 0.905. The maximum absolute atomic E-state index is 11.9. The van der Waals surface area contributed by atoms with E-state index in [9.17, 15) is 4.79 Å². The number of rotatable bonds is 2. The molecule has 92 valence electrons. The fourth-order valence-electron chi connectivity index (χ4n) is 1.38. The van der Waals surface area contributed by atoms with E-state index in [1.165, 1.54) is 6.07 Å². The minimum Gasteiger partial charge on any atom is -0.321 e. The number of nitrogens with one attached hydrogen (secondary N) is 1. The Morgan fingerprint density at radius 3 is 2.56 bits per heavy atom. The number of nitrogens with zero attached hydrogens (tertiary/aromatic N) is 1. The second-order valence-electron chi connectivity index (χ2n) is 3.77. The molecule has 1 amide bonds. The zero-order valence-corrected chi connectivity index (χ0v) is 11.1. The Balaban J connectivity index is 2.16. The molecular formula is C13H10Cl2N2O. The highest BCUT2D eigenvalue weighted by atomic mass is 35.5. The maximum atomic E-state index is 11.9. The van der Waals surface area contributed by atoms with Crippen LogP contribution in [0.5, 0.6) is 0 Å². The summed E-state index contributed by atoms with van der Waals surface area (Å²) in [6.07, 6.45) is 1.60. The van der Waals surface area contributed by atoms with Crippen molar-refractivity contribution in [3.05, 3.63) is 57.8 Å². The number of carbonyl (C=O) groups excluding carboxylic acids is 1. The van der Waals surface area contributed by atoms with Gasteiger partial charge in [0.15, 0.2) is 0 Å². The molecule has 1 aromatic heterocycles. The fraction of sp³-hybridized carbons (Fsp3) is 0.0769. The van der Waals surface area contributed by atoms with Gasteiger partial charge in [0.1, 0.15) is 0 Å². The van der Waals surface area contributed by atoms with E-state index in [4.69, 9.17) is 23.2 Å². The molecule has 5 heteroatoms. The van der Waals surface area contributed by atoms with E-state index >= 15 is 0 Å². The lowest BCUT2D eigenvalue weighted by Crippen LogP contribution is -2.12. The van der Waals surface area contributed by atoms with Crippen LogP contribution in [0.25, 0.3) is 0 Å². The lowest BCUT2D eigenvalue weighted by Gasteiger charge is -2.06. The molecule has 1 aromatic carbocycles. The SMILES string of the molecule is Cc1ccc(NC(=O)c2ccc(Cl)c(Cl)c2)cn1. The molecule has 0 saturated heterocycles. The monoisotopic (exact) mass is 280 g/mol. The Hall–Kier alpha value is -1.58. The number of benzene rings is 1. The lowest BCUT2D eigenvalue weighted by atomic mass is 10.2. The molecule has 0 spiro atoms. The van der Waals surface area contributed by atoms with Crippen LogP contribution in [0.15, 0.2) is 36.5 Å². The molecule has 18 heavy (non-hydrogen) atoms. The summed E-state index contributed by atoms with van der Waals surface area (Å²) in [6.45, 7) is 1.88. The van der Waals surface area contributed by atoms with Crippen LogP contribution in [0.3, 0.4) is 0 Å². The van der Waals surface area contributed by atoms with Crippen LogP contribution in [0.1, 0.15) is 16.1 Å². The van der Waals surface area contributed by atoms with Crippen LogP contribution in [-0.4, -0.2) is 10.9 Å². The lowest BCUT2D eigenvalue weighted by molar-refractivity contribution is 0.102. The Kier molecular flexibility index (Phi) is 3.84. The number of amides is 1. The molecule has 3 nitrogen and oxygen atoms in total. The van der Waals surface area contributed by atoms with Crippen molar-refractivity contribution >= 4 is 34.8 Å². The molecule has 1 heterocycles. The van der Waals surface area contributed by atoms with Crippen LogP contribution >= 0.6 is 23.2 Å². The van der Waals surface area contributed by atoms with E-state index in [1.54, 1.807) is 24.4 Å². The first-order chi connectivity index (χ1) is 8.56. The largest absolute Gasteiger partial charge is 0.321 e. The predicted molar refractivity (Wildman–Crippen MR) is 73.4 cm³/mol. The molecule has 0 bridgehead atoms. The van der Waals surface area contributed by atoms with Gasteiger partial charge in [0.05, 0.1) is 21.9 Å². The van der Waals surface area contributed by atoms with Gasteiger partial charge in [-0.3, -0.25) is 9.78 Å². The molecular weight excluding hydrogens is 271 g/mol. The van der Waals surface area contributed by atoms with E-state index in [1.807, 2.05) is 13.0 Å². The highest BCUT2D eigenvalue weighted by Crippen LogP contribution is 2.23. The fourth-order valence-corrected chi connectivity index (χ4v) is 1.68. The molecule has 0 radical (unpaired) electrons. The minimum absolute atomic E-state index is 0.251. The minimum atomic E-state index is -0.251. The first-order valence-corrected chi connectivity index (χ1v) is 6.01. The summed E-state index contributed by atoms with van der Waals surface area (Å²) in [6, 6.07) is 8.35. The van der Waals surface area contributed by atoms with Crippen LogP contribution in [0.4, 0.5) is 5.69 Å². The first kappa shape index (κ1) is 12.9. The third-order valence-corrected chi connectivity index (χ3v) is 3.09. The van der Waals surface area contributed by atoms with Gasteiger partial charge < -0.3 is 5.32 Å². The summed E-state index contributed by atoms with van der Waals surface area (Å²) in [7, 11) is 0. The van der Waals surface area contributed by atoms with Gasteiger partial charge in [0.2, 0.25) is 0 Å². The van der Waals surface area contributed by atoms with Gasteiger partial charge in [-0.15, -0.1) is 0 Å². The molecule has 0 unspecified atom stereocenters. The second kappa shape index (κ2) is 5.38. The maximum Gasteiger partial charge on any atom is 0.255 e. The van der Waals surface area contributed by atoms with Crippen LogP contribution in [-0.2, 0) is 0 Å². The average Bonchev–Trinajstić information content (AvgIpc) is 2.35. The van der Waals surface area contributed by atoms with Crippen LogP contribution < -0.4 is 5.32 Å². The van der Waals surface area contributed by atoms with E-state index in [0.717, 1.165) is 5.69 Å². The smallest absolute Gasteiger partial charge is 0.255 e. The summed E-state index contributed by atoms with van der Waals surface area (Å²) >= 11 is 11.6. The van der Waals surface area contributed by atoms with E-state index in [2.05, 4.69) is 10.3 Å². The number of hydrogen-bond donors (Lipinski definition) is 1. The van der Waals surface area contributed by atoms with Gasteiger partial charge in [-0.05, 0) is 37.3 Å². The van der Waals surface area contributed by atoms with Crippen molar-refractivity contribution < 1.29 is 4.79 Å². The number of carbonyl (C=O) groups is 1. The zero-order chi connectivity index (χ0) is 13.1. The van der Waals surface area contributed by atoms with Gasteiger partial charge in [-0.1, -0.05) is 23.2 Å². The second-order valence-corrected chi connectivity index (χ2v) is 4.59. The zero-order valence-electron chi connectivity index (χ0n) is 9.58. The van der Waals surface area contributed by atoms with Gasteiger partial charge in [0, 0.05) is 11.3 Å². The summed E-state index contributed by atoms with van der Waals surface area (Å²) in [5, 5.41) is 3.50. The van der Waals surface area contributed by atoms with E-state index < -0.39 is 0 Å². The van der Waals surface area contributed by atoms with Gasteiger partial charge >= 0.3 is 0 Å². The number of aromatic nitrogens is 1. The van der Waals surface area contributed by atoms with Gasteiger partial charge in [-0.2, -0.15) is 0 Å². The van der Waals surface area contributed by atoms with Crippen molar-refractivity contribution in [2.75, 3.05) is 5.32 Å². The number of anilines is 1. The van der Waals surface area contributed by atoms with E-state index in [0.29, 0.717) is 21.3 Å². The Morgan fingerprint density at radius 2 is 1.94 bits per heavy atom. The van der Waals surface area contributed by atoms with Crippen molar-refractivity contribution in [3.8, 4) is 0 Å². The third-order valence-electron chi connectivity index (χ3n) is 2.35.